The Morgan fingerprint density at radius 1 is 1.12 bits per heavy atom. The fourth-order valence-corrected chi connectivity index (χ4v) is 2.31. The van der Waals surface area contributed by atoms with Gasteiger partial charge in [0.1, 0.15) is 24.4 Å². The highest BCUT2D eigenvalue weighted by molar-refractivity contribution is 5.15. The number of fused-ring (bicyclic) bond motifs is 1. The zero-order valence-corrected chi connectivity index (χ0v) is 9.84. The van der Waals surface area contributed by atoms with Crippen molar-refractivity contribution in [2.75, 3.05) is 27.9 Å². The van der Waals surface area contributed by atoms with E-state index in [-0.39, 0.29) is 24.4 Å². The van der Waals surface area contributed by atoms with E-state index in [9.17, 15) is 0 Å². The van der Waals surface area contributed by atoms with E-state index in [1.54, 1.807) is 21.3 Å². The minimum atomic E-state index is -0.449. The SMILES string of the molecule is C=C1COC2C1O[C@H](OC)[C@H](OC)[C@H]2OC. The van der Waals surface area contributed by atoms with Gasteiger partial charge in [0.2, 0.25) is 0 Å². The van der Waals surface area contributed by atoms with E-state index in [0.717, 1.165) is 5.57 Å². The lowest BCUT2D eigenvalue weighted by molar-refractivity contribution is -0.285. The van der Waals surface area contributed by atoms with E-state index >= 15 is 0 Å². The molecule has 0 aliphatic carbocycles. The normalized spacial score (nSPS) is 43.4. The van der Waals surface area contributed by atoms with Crippen LogP contribution in [0.4, 0.5) is 0 Å². The van der Waals surface area contributed by atoms with Gasteiger partial charge < -0.3 is 23.7 Å². The average Bonchev–Trinajstić information content (AvgIpc) is 2.68. The molecule has 92 valence electrons. The molecular formula is C11H18O5. The molecule has 16 heavy (non-hydrogen) atoms. The Balaban J connectivity index is 2.20. The second-order valence-electron chi connectivity index (χ2n) is 4.00. The smallest absolute Gasteiger partial charge is 0.186 e. The molecule has 0 spiro atoms. The van der Waals surface area contributed by atoms with Gasteiger partial charge in [-0.2, -0.15) is 0 Å². The van der Waals surface area contributed by atoms with Gasteiger partial charge in [0.25, 0.3) is 0 Å². The van der Waals surface area contributed by atoms with Crippen LogP contribution >= 0.6 is 0 Å². The van der Waals surface area contributed by atoms with Gasteiger partial charge in [0.15, 0.2) is 6.29 Å². The summed E-state index contributed by atoms with van der Waals surface area (Å²) in [6.45, 7) is 4.43. The van der Waals surface area contributed by atoms with E-state index < -0.39 is 6.29 Å². The van der Waals surface area contributed by atoms with Crippen molar-refractivity contribution in [3.8, 4) is 0 Å². The molecule has 2 aliphatic heterocycles. The fraction of sp³-hybridized carbons (Fsp3) is 0.818. The second kappa shape index (κ2) is 4.81. The number of ether oxygens (including phenoxy) is 5. The highest BCUT2D eigenvalue weighted by Crippen LogP contribution is 2.34. The summed E-state index contributed by atoms with van der Waals surface area (Å²) in [7, 11) is 4.83. The highest BCUT2D eigenvalue weighted by Gasteiger charge is 2.51. The summed E-state index contributed by atoms with van der Waals surface area (Å²) in [5.74, 6) is 0. The molecule has 0 aromatic carbocycles. The fourth-order valence-electron chi connectivity index (χ4n) is 2.31. The van der Waals surface area contributed by atoms with Gasteiger partial charge in [-0.25, -0.2) is 0 Å². The first-order valence-corrected chi connectivity index (χ1v) is 5.26. The van der Waals surface area contributed by atoms with Crippen LogP contribution in [0.25, 0.3) is 0 Å². The van der Waals surface area contributed by atoms with Crippen LogP contribution in [0.2, 0.25) is 0 Å². The highest BCUT2D eigenvalue weighted by atomic mass is 16.7. The molecule has 5 heteroatoms. The van der Waals surface area contributed by atoms with Gasteiger partial charge in [-0.1, -0.05) is 6.58 Å². The Morgan fingerprint density at radius 2 is 1.81 bits per heavy atom. The van der Waals surface area contributed by atoms with Crippen molar-refractivity contribution < 1.29 is 23.7 Å². The molecule has 2 rings (SSSR count). The number of methoxy groups -OCH3 is 3. The Bertz CT molecular complexity index is 267. The third-order valence-electron chi connectivity index (χ3n) is 3.14. The van der Waals surface area contributed by atoms with Crippen molar-refractivity contribution in [2.24, 2.45) is 0 Å². The molecule has 0 radical (unpaired) electrons. The van der Waals surface area contributed by atoms with Crippen molar-refractivity contribution in [2.45, 2.75) is 30.7 Å². The second-order valence-corrected chi connectivity index (χ2v) is 4.00. The van der Waals surface area contributed by atoms with Crippen molar-refractivity contribution in [1.82, 2.24) is 0 Å². The Kier molecular flexibility index (Phi) is 3.61. The third kappa shape index (κ3) is 1.78. The lowest BCUT2D eigenvalue weighted by Crippen LogP contribution is -2.58. The van der Waals surface area contributed by atoms with Crippen LogP contribution in [0.5, 0.6) is 0 Å². The van der Waals surface area contributed by atoms with E-state index in [1.165, 1.54) is 0 Å². The monoisotopic (exact) mass is 230 g/mol. The summed E-state index contributed by atoms with van der Waals surface area (Å²) in [6.07, 6.45) is -1.26. The number of rotatable bonds is 3. The number of hydrogen-bond donors (Lipinski definition) is 0. The van der Waals surface area contributed by atoms with Gasteiger partial charge in [0.05, 0.1) is 6.61 Å². The lowest BCUT2D eigenvalue weighted by Gasteiger charge is -2.41. The summed E-state index contributed by atoms with van der Waals surface area (Å²) < 4.78 is 27.4. The summed E-state index contributed by atoms with van der Waals surface area (Å²) in [4.78, 5) is 0. The van der Waals surface area contributed by atoms with E-state index in [0.29, 0.717) is 6.61 Å². The molecule has 0 saturated carbocycles. The first kappa shape index (κ1) is 12.0. The predicted molar refractivity (Wildman–Crippen MR) is 56.1 cm³/mol. The van der Waals surface area contributed by atoms with Crippen LogP contribution in [-0.2, 0) is 23.7 Å². The van der Waals surface area contributed by atoms with Crippen molar-refractivity contribution >= 4 is 0 Å². The first-order chi connectivity index (χ1) is 7.72. The molecule has 2 fully saturated rings. The lowest BCUT2D eigenvalue weighted by atomic mass is 9.96. The maximum atomic E-state index is 5.76. The Hall–Kier alpha value is -0.460. The van der Waals surface area contributed by atoms with Gasteiger partial charge in [0, 0.05) is 21.3 Å². The maximum Gasteiger partial charge on any atom is 0.186 e. The van der Waals surface area contributed by atoms with Crippen molar-refractivity contribution in [3.63, 3.8) is 0 Å². The summed E-state index contributed by atoms with van der Waals surface area (Å²) in [6, 6.07) is 0. The predicted octanol–water partition coefficient (Wildman–Crippen LogP) is 0.343. The van der Waals surface area contributed by atoms with Crippen LogP contribution in [0.15, 0.2) is 12.2 Å². The van der Waals surface area contributed by atoms with Crippen LogP contribution in [0.1, 0.15) is 0 Å². The molecule has 2 aliphatic rings. The van der Waals surface area contributed by atoms with Gasteiger partial charge in [-0.3, -0.25) is 0 Å². The Morgan fingerprint density at radius 3 is 2.38 bits per heavy atom. The molecule has 5 atom stereocenters. The molecule has 0 amide bonds. The molecule has 2 saturated heterocycles. The Labute approximate surface area is 95.3 Å². The van der Waals surface area contributed by atoms with Crippen molar-refractivity contribution in [3.05, 3.63) is 12.2 Å². The molecule has 0 bridgehead atoms. The topological polar surface area (TPSA) is 46.2 Å². The maximum absolute atomic E-state index is 5.76. The van der Waals surface area contributed by atoms with Crippen molar-refractivity contribution in [1.29, 1.82) is 0 Å². The van der Waals surface area contributed by atoms with E-state index in [4.69, 9.17) is 23.7 Å². The number of hydrogen-bond acceptors (Lipinski definition) is 5. The molecule has 0 N–H and O–H groups in total. The van der Waals surface area contributed by atoms with Crippen LogP contribution in [0, 0.1) is 0 Å². The quantitative estimate of drug-likeness (QED) is 0.654. The van der Waals surface area contributed by atoms with Gasteiger partial charge in [-0.05, 0) is 5.57 Å². The zero-order valence-electron chi connectivity index (χ0n) is 9.84. The van der Waals surface area contributed by atoms with Gasteiger partial charge >= 0.3 is 0 Å². The average molecular weight is 230 g/mol. The minimum absolute atomic E-state index is 0.158. The summed E-state index contributed by atoms with van der Waals surface area (Å²) in [5, 5.41) is 0. The first-order valence-electron chi connectivity index (χ1n) is 5.26. The van der Waals surface area contributed by atoms with Gasteiger partial charge in [-0.15, -0.1) is 0 Å². The molecule has 5 nitrogen and oxygen atoms in total. The minimum Gasteiger partial charge on any atom is -0.376 e. The molecule has 0 aromatic rings. The van der Waals surface area contributed by atoms with E-state index in [2.05, 4.69) is 6.58 Å². The molecule has 0 aromatic heterocycles. The van der Waals surface area contributed by atoms with Crippen LogP contribution in [-0.4, -0.2) is 58.6 Å². The largest absolute Gasteiger partial charge is 0.376 e. The van der Waals surface area contributed by atoms with Crippen LogP contribution in [0.3, 0.4) is 0 Å². The molecule has 2 unspecified atom stereocenters. The molecular weight excluding hydrogens is 212 g/mol. The standard InChI is InChI=1S/C11H18O5/c1-6-5-15-9-7(6)16-11(14-4)10(13-3)8(9)12-2/h7-11H,1,5H2,2-4H3/t7?,8-,9?,10+,11-/m0/s1. The summed E-state index contributed by atoms with van der Waals surface area (Å²) >= 11 is 0. The zero-order chi connectivity index (χ0) is 11.7. The molecule has 2 heterocycles. The van der Waals surface area contributed by atoms with E-state index in [1.807, 2.05) is 0 Å². The third-order valence-corrected chi connectivity index (χ3v) is 3.14. The summed E-state index contributed by atoms with van der Waals surface area (Å²) in [5.41, 5.74) is 0.920. The van der Waals surface area contributed by atoms with Crippen LogP contribution < -0.4 is 0 Å².